The minimum Gasteiger partial charge on any atom is -0.468 e. The number of furan rings is 1. The Bertz CT molecular complexity index is 479. The second-order valence-electron chi connectivity index (χ2n) is 5.06. The lowest BCUT2D eigenvalue weighted by Crippen LogP contribution is -2.23. The third-order valence-electron chi connectivity index (χ3n) is 2.86. The summed E-state index contributed by atoms with van der Waals surface area (Å²) in [5.74, 6) is 1.03. The van der Waals surface area contributed by atoms with Crippen molar-refractivity contribution in [3.63, 3.8) is 0 Å². The van der Waals surface area contributed by atoms with Crippen molar-refractivity contribution >= 4 is 11.3 Å². The highest BCUT2D eigenvalue weighted by molar-refractivity contribution is 7.07. The summed E-state index contributed by atoms with van der Waals surface area (Å²) in [6.07, 6.45) is 1.77. The minimum atomic E-state index is 0.464. The van der Waals surface area contributed by atoms with Gasteiger partial charge in [0, 0.05) is 30.1 Å². The van der Waals surface area contributed by atoms with Gasteiger partial charge in [0.25, 0.3) is 0 Å². The van der Waals surface area contributed by atoms with E-state index in [4.69, 9.17) is 4.42 Å². The van der Waals surface area contributed by atoms with E-state index in [0.29, 0.717) is 6.04 Å². The second kappa shape index (κ2) is 6.84. The van der Waals surface area contributed by atoms with E-state index < -0.39 is 0 Å². The fraction of sp³-hybridized carbons (Fsp3) is 0.500. The molecule has 0 saturated heterocycles. The third kappa shape index (κ3) is 4.45. The third-order valence-corrected chi connectivity index (χ3v) is 3.50. The molecule has 0 unspecified atom stereocenters. The fourth-order valence-electron chi connectivity index (χ4n) is 1.90. The lowest BCUT2D eigenvalue weighted by atomic mass is 10.2. The van der Waals surface area contributed by atoms with Crippen LogP contribution in [-0.4, -0.2) is 23.0 Å². The first-order valence-corrected chi connectivity index (χ1v) is 7.43. The van der Waals surface area contributed by atoms with Crippen LogP contribution in [-0.2, 0) is 19.6 Å². The summed E-state index contributed by atoms with van der Waals surface area (Å²) in [4.78, 5) is 6.56. The van der Waals surface area contributed by atoms with E-state index in [9.17, 15) is 0 Å². The van der Waals surface area contributed by atoms with Crippen LogP contribution in [0.1, 0.15) is 30.9 Å². The van der Waals surface area contributed by atoms with E-state index in [2.05, 4.69) is 47.5 Å². The Hall–Kier alpha value is -1.17. The van der Waals surface area contributed by atoms with Crippen LogP contribution in [0.5, 0.6) is 0 Å². The van der Waals surface area contributed by atoms with Gasteiger partial charge in [-0.1, -0.05) is 13.8 Å². The van der Waals surface area contributed by atoms with E-state index in [1.807, 2.05) is 5.51 Å². The number of hydrogen-bond acceptors (Lipinski definition) is 5. The van der Waals surface area contributed by atoms with Gasteiger partial charge in [0.1, 0.15) is 5.76 Å². The monoisotopic (exact) mass is 279 g/mol. The van der Waals surface area contributed by atoms with Crippen LogP contribution in [0.25, 0.3) is 0 Å². The van der Waals surface area contributed by atoms with Crippen molar-refractivity contribution in [2.24, 2.45) is 0 Å². The largest absolute Gasteiger partial charge is 0.468 e. The summed E-state index contributed by atoms with van der Waals surface area (Å²) in [5, 5.41) is 5.47. The number of aromatic nitrogens is 1. The number of hydrogen-bond donors (Lipinski definition) is 1. The number of rotatable bonds is 7. The van der Waals surface area contributed by atoms with E-state index >= 15 is 0 Å². The standard InChI is InChI=1S/C14H21N3OS/c1-11(2)15-6-14-12(4-5-18-14)7-17(3)8-13-9-19-10-16-13/h4-5,9-11,15H,6-8H2,1-3H3. The van der Waals surface area contributed by atoms with Gasteiger partial charge < -0.3 is 9.73 Å². The van der Waals surface area contributed by atoms with Crippen LogP contribution in [0, 0.1) is 0 Å². The van der Waals surface area contributed by atoms with Gasteiger partial charge in [-0.25, -0.2) is 4.98 Å². The smallest absolute Gasteiger partial charge is 0.122 e. The molecule has 0 atom stereocenters. The van der Waals surface area contributed by atoms with Gasteiger partial charge in [0.2, 0.25) is 0 Å². The molecule has 0 amide bonds. The summed E-state index contributed by atoms with van der Waals surface area (Å²) in [5.41, 5.74) is 4.24. The molecule has 1 N–H and O–H groups in total. The Morgan fingerprint density at radius 1 is 1.42 bits per heavy atom. The van der Waals surface area contributed by atoms with Gasteiger partial charge in [-0.15, -0.1) is 11.3 Å². The summed E-state index contributed by atoms with van der Waals surface area (Å²) >= 11 is 1.64. The minimum absolute atomic E-state index is 0.464. The Kier molecular flexibility index (Phi) is 5.13. The summed E-state index contributed by atoms with van der Waals surface area (Å²) in [6, 6.07) is 2.51. The zero-order valence-electron chi connectivity index (χ0n) is 11.7. The van der Waals surface area contributed by atoms with Crippen LogP contribution < -0.4 is 5.32 Å². The first kappa shape index (κ1) is 14.2. The van der Waals surface area contributed by atoms with Crippen molar-refractivity contribution in [3.8, 4) is 0 Å². The van der Waals surface area contributed by atoms with Crippen LogP contribution >= 0.6 is 11.3 Å². The molecule has 104 valence electrons. The number of thiazole rings is 1. The highest BCUT2D eigenvalue weighted by Crippen LogP contribution is 2.14. The molecule has 2 aromatic heterocycles. The highest BCUT2D eigenvalue weighted by atomic mass is 32.1. The first-order chi connectivity index (χ1) is 9.15. The lowest BCUT2D eigenvalue weighted by Gasteiger charge is -2.15. The zero-order valence-corrected chi connectivity index (χ0v) is 12.5. The van der Waals surface area contributed by atoms with Crippen LogP contribution in [0.15, 0.2) is 27.6 Å². The molecule has 0 aliphatic carbocycles. The van der Waals surface area contributed by atoms with Gasteiger partial charge in [-0.05, 0) is 13.1 Å². The van der Waals surface area contributed by atoms with Crippen molar-refractivity contribution in [3.05, 3.63) is 40.2 Å². The molecular formula is C14H21N3OS. The normalized spacial score (nSPS) is 11.6. The molecule has 2 heterocycles. The zero-order chi connectivity index (χ0) is 13.7. The molecule has 2 rings (SSSR count). The molecule has 0 spiro atoms. The van der Waals surface area contributed by atoms with Gasteiger partial charge >= 0.3 is 0 Å². The van der Waals surface area contributed by atoms with Crippen LogP contribution in [0.2, 0.25) is 0 Å². The van der Waals surface area contributed by atoms with Crippen molar-refractivity contribution in [1.29, 1.82) is 0 Å². The quantitative estimate of drug-likeness (QED) is 0.846. The molecule has 0 bridgehead atoms. The predicted molar refractivity (Wildman–Crippen MR) is 78.0 cm³/mol. The summed E-state index contributed by atoms with van der Waals surface area (Å²) in [7, 11) is 2.10. The maximum Gasteiger partial charge on any atom is 0.122 e. The fourth-order valence-corrected chi connectivity index (χ4v) is 2.45. The molecule has 4 nitrogen and oxygen atoms in total. The molecule has 0 aliphatic heterocycles. The van der Waals surface area contributed by atoms with Crippen LogP contribution in [0.4, 0.5) is 0 Å². The molecule has 0 saturated carbocycles. The summed E-state index contributed by atoms with van der Waals surface area (Å²) in [6.45, 7) is 6.80. The topological polar surface area (TPSA) is 41.3 Å². The predicted octanol–water partition coefficient (Wildman–Crippen LogP) is 2.87. The van der Waals surface area contributed by atoms with Crippen molar-refractivity contribution < 1.29 is 4.42 Å². The average molecular weight is 279 g/mol. The average Bonchev–Trinajstić information content (AvgIpc) is 2.98. The Morgan fingerprint density at radius 3 is 2.95 bits per heavy atom. The lowest BCUT2D eigenvalue weighted by molar-refractivity contribution is 0.311. The van der Waals surface area contributed by atoms with Gasteiger partial charge in [0.15, 0.2) is 0 Å². The second-order valence-corrected chi connectivity index (χ2v) is 5.78. The van der Waals surface area contributed by atoms with E-state index in [1.54, 1.807) is 17.6 Å². The van der Waals surface area contributed by atoms with E-state index in [0.717, 1.165) is 31.1 Å². The SMILES string of the molecule is CC(C)NCc1occc1CN(C)Cc1cscn1. The van der Waals surface area contributed by atoms with Gasteiger partial charge in [-0.3, -0.25) is 4.90 Å². The maximum absolute atomic E-state index is 5.55. The van der Waals surface area contributed by atoms with Crippen molar-refractivity contribution in [2.45, 2.75) is 39.5 Å². The molecule has 0 aromatic carbocycles. The summed E-state index contributed by atoms with van der Waals surface area (Å²) < 4.78 is 5.55. The molecule has 19 heavy (non-hydrogen) atoms. The van der Waals surface area contributed by atoms with Crippen molar-refractivity contribution in [2.75, 3.05) is 7.05 Å². The van der Waals surface area contributed by atoms with E-state index in [-0.39, 0.29) is 0 Å². The van der Waals surface area contributed by atoms with Gasteiger partial charge in [0.05, 0.1) is 24.0 Å². The van der Waals surface area contributed by atoms with Gasteiger partial charge in [-0.2, -0.15) is 0 Å². The van der Waals surface area contributed by atoms with Crippen molar-refractivity contribution in [1.82, 2.24) is 15.2 Å². The number of nitrogens with zero attached hydrogens (tertiary/aromatic N) is 2. The Balaban J connectivity index is 1.89. The molecule has 5 heteroatoms. The molecule has 0 aliphatic rings. The van der Waals surface area contributed by atoms with E-state index in [1.165, 1.54) is 5.56 Å². The first-order valence-electron chi connectivity index (χ1n) is 6.49. The highest BCUT2D eigenvalue weighted by Gasteiger charge is 2.10. The maximum atomic E-state index is 5.55. The molecule has 2 aromatic rings. The Morgan fingerprint density at radius 2 is 2.26 bits per heavy atom. The molecule has 0 fully saturated rings. The number of nitrogens with one attached hydrogen (secondary N) is 1. The van der Waals surface area contributed by atoms with Crippen LogP contribution in [0.3, 0.4) is 0 Å². The molecule has 0 radical (unpaired) electrons. The molecular weight excluding hydrogens is 258 g/mol. The Labute approximate surface area is 118 Å².